The maximum atomic E-state index is 11.3. The van der Waals surface area contributed by atoms with Crippen LogP contribution in [0, 0.1) is 13.8 Å². The van der Waals surface area contributed by atoms with Gasteiger partial charge in [-0.1, -0.05) is 6.07 Å². The molecule has 1 aromatic rings. The Bertz CT molecular complexity index is 622. The highest BCUT2D eigenvalue weighted by Gasteiger charge is 2.44. The molecule has 4 rings (SSSR count). The van der Waals surface area contributed by atoms with Crippen molar-refractivity contribution in [2.24, 2.45) is 0 Å². The summed E-state index contributed by atoms with van der Waals surface area (Å²) in [7, 11) is 0. The summed E-state index contributed by atoms with van der Waals surface area (Å²) in [5.74, 6) is 0.0193. The monoisotopic (exact) mass is 343 g/mol. The number of rotatable bonds is 2. The highest BCUT2D eigenvalue weighted by atomic mass is 16.5. The van der Waals surface area contributed by atoms with E-state index < -0.39 is 0 Å². The second-order valence-electron chi connectivity index (χ2n) is 8.03. The van der Waals surface area contributed by atoms with Crippen molar-refractivity contribution >= 4 is 11.6 Å². The molecule has 3 heterocycles. The van der Waals surface area contributed by atoms with Crippen molar-refractivity contribution in [3.63, 3.8) is 0 Å². The van der Waals surface area contributed by atoms with E-state index in [0.29, 0.717) is 12.6 Å². The van der Waals surface area contributed by atoms with E-state index >= 15 is 0 Å². The first-order chi connectivity index (χ1) is 12.0. The van der Waals surface area contributed by atoms with Gasteiger partial charge in [-0.15, -0.1) is 0 Å². The molecule has 1 spiro atoms. The van der Waals surface area contributed by atoms with Crippen LogP contribution in [0.3, 0.4) is 0 Å². The number of nitrogens with zero attached hydrogens (tertiary/aromatic N) is 2. The molecule has 3 aliphatic heterocycles. The smallest absolute Gasteiger partial charge is 0.246 e. The Hall–Kier alpha value is -1.59. The zero-order valence-electron chi connectivity index (χ0n) is 15.4. The minimum atomic E-state index is -0.140. The Balaban J connectivity index is 1.34. The summed E-state index contributed by atoms with van der Waals surface area (Å²) in [6.45, 7) is 9.53. The number of nitrogens with one attached hydrogen (secondary N) is 1. The van der Waals surface area contributed by atoms with Crippen LogP contribution in [0.1, 0.15) is 30.4 Å². The number of likely N-dealkylation sites (tertiary alicyclic amines) is 1. The Labute approximate surface area is 150 Å². The average Bonchev–Trinajstić information content (AvgIpc) is 3.01. The quantitative estimate of drug-likeness (QED) is 0.890. The predicted octanol–water partition coefficient (Wildman–Crippen LogP) is 1.86. The number of piperidine rings is 1. The molecule has 1 atom stereocenters. The van der Waals surface area contributed by atoms with Crippen molar-refractivity contribution in [2.75, 3.05) is 44.2 Å². The zero-order valence-corrected chi connectivity index (χ0v) is 15.4. The summed E-state index contributed by atoms with van der Waals surface area (Å²) in [6, 6.07) is 7.49. The third kappa shape index (κ3) is 3.53. The minimum absolute atomic E-state index is 0.0193. The molecule has 1 N–H and O–H groups in total. The molecule has 3 aliphatic rings. The van der Waals surface area contributed by atoms with E-state index in [-0.39, 0.29) is 18.1 Å². The number of hydrogen-bond donors (Lipinski definition) is 1. The molecule has 136 valence electrons. The van der Waals surface area contributed by atoms with Crippen LogP contribution in [-0.2, 0) is 9.53 Å². The Morgan fingerprint density at radius 3 is 2.48 bits per heavy atom. The van der Waals surface area contributed by atoms with Gasteiger partial charge in [-0.3, -0.25) is 9.69 Å². The van der Waals surface area contributed by atoms with Crippen LogP contribution in [0.4, 0.5) is 5.69 Å². The van der Waals surface area contributed by atoms with Crippen LogP contribution in [0.5, 0.6) is 0 Å². The fourth-order valence-electron chi connectivity index (χ4n) is 4.65. The summed E-state index contributed by atoms with van der Waals surface area (Å²) in [5.41, 5.74) is 3.91. The fraction of sp³-hybridized carbons (Fsp3) is 0.650. The third-order valence-corrected chi connectivity index (χ3v) is 6.02. The average molecular weight is 343 g/mol. The first kappa shape index (κ1) is 16.9. The topological polar surface area (TPSA) is 44.8 Å². The van der Waals surface area contributed by atoms with Crippen molar-refractivity contribution < 1.29 is 9.53 Å². The van der Waals surface area contributed by atoms with E-state index in [4.69, 9.17) is 4.74 Å². The van der Waals surface area contributed by atoms with Crippen LogP contribution in [0.25, 0.3) is 0 Å². The maximum Gasteiger partial charge on any atom is 0.246 e. The number of aryl methyl sites for hydroxylation is 2. The van der Waals surface area contributed by atoms with Crippen LogP contribution >= 0.6 is 0 Å². The zero-order chi connectivity index (χ0) is 17.4. The van der Waals surface area contributed by atoms with Gasteiger partial charge in [0.05, 0.1) is 5.60 Å². The molecule has 0 aliphatic carbocycles. The Kier molecular flexibility index (Phi) is 4.46. The van der Waals surface area contributed by atoms with Gasteiger partial charge in [0, 0.05) is 44.5 Å². The number of morpholine rings is 1. The van der Waals surface area contributed by atoms with Crippen LogP contribution < -0.4 is 10.2 Å². The van der Waals surface area contributed by atoms with Crippen molar-refractivity contribution in [2.45, 2.75) is 44.8 Å². The molecule has 5 heteroatoms. The lowest BCUT2D eigenvalue weighted by atomic mass is 10.0. The van der Waals surface area contributed by atoms with Crippen molar-refractivity contribution in [1.82, 2.24) is 10.2 Å². The molecule has 1 aromatic carbocycles. The van der Waals surface area contributed by atoms with E-state index in [1.165, 1.54) is 29.7 Å². The number of anilines is 1. The number of amides is 1. The number of carbonyl (C=O) groups excluding carboxylic acids is 1. The van der Waals surface area contributed by atoms with E-state index in [1.807, 2.05) is 0 Å². The normalized spacial score (nSPS) is 28.6. The maximum absolute atomic E-state index is 11.3. The molecule has 0 saturated carbocycles. The second kappa shape index (κ2) is 6.61. The van der Waals surface area contributed by atoms with Gasteiger partial charge in [0.2, 0.25) is 5.91 Å². The van der Waals surface area contributed by atoms with E-state index in [2.05, 4.69) is 47.2 Å². The first-order valence-corrected chi connectivity index (χ1v) is 9.51. The van der Waals surface area contributed by atoms with Gasteiger partial charge < -0.3 is 15.0 Å². The number of benzene rings is 1. The van der Waals surface area contributed by atoms with Gasteiger partial charge in [-0.25, -0.2) is 0 Å². The van der Waals surface area contributed by atoms with Gasteiger partial charge >= 0.3 is 0 Å². The molecule has 1 unspecified atom stereocenters. The number of carbonyl (C=O) groups is 1. The van der Waals surface area contributed by atoms with Crippen molar-refractivity contribution in [3.05, 3.63) is 29.3 Å². The standard InChI is InChI=1S/C20H29N3O2/c1-15-9-16(2)11-18(10-15)22-6-3-17(4-7-22)23-8-5-20(14-23)13-21-19(24)12-25-20/h9-11,17H,3-8,12-14H2,1-2H3,(H,21,24). The summed E-state index contributed by atoms with van der Waals surface area (Å²) in [4.78, 5) is 16.5. The lowest BCUT2D eigenvalue weighted by Gasteiger charge is -2.39. The summed E-state index contributed by atoms with van der Waals surface area (Å²) in [5, 5.41) is 2.98. The van der Waals surface area contributed by atoms with Gasteiger partial charge in [-0.2, -0.15) is 0 Å². The highest BCUT2D eigenvalue weighted by molar-refractivity contribution is 5.78. The second-order valence-corrected chi connectivity index (χ2v) is 8.03. The van der Waals surface area contributed by atoms with Crippen LogP contribution in [0.15, 0.2) is 18.2 Å². The summed E-state index contributed by atoms with van der Waals surface area (Å²) in [6.07, 6.45) is 3.44. The van der Waals surface area contributed by atoms with Crippen LogP contribution in [-0.4, -0.2) is 61.8 Å². The largest absolute Gasteiger partial charge is 0.371 e. The lowest BCUT2D eigenvalue weighted by molar-refractivity contribution is -0.142. The molecular weight excluding hydrogens is 314 g/mol. The Morgan fingerprint density at radius 1 is 1.12 bits per heavy atom. The third-order valence-electron chi connectivity index (χ3n) is 6.02. The van der Waals surface area contributed by atoms with Gasteiger partial charge in [0.25, 0.3) is 0 Å². The van der Waals surface area contributed by atoms with Gasteiger partial charge in [0.1, 0.15) is 6.61 Å². The first-order valence-electron chi connectivity index (χ1n) is 9.51. The van der Waals surface area contributed by atoms with Crippen LogP contribution in [0.2, 0.25) is 0 Å². The molecule has 25 heavy (non-hydrogen) atoms. The molecule has 3 saturated heterocycles. The minimum Gasteiger partial charge on any atom is -0.371 e. The van der Waals surface area contributed by atoms with Gasteiger partial charge in [-0.05, 0) is 56.4 Å². The summed E-state index contributed by atoms with van der Waals surface area (Å²) >= 11 is 0. The molecule has 5 nitrogen and oxygen atoms in total. The Morgan fingerprint density at radius 2 is 1.84 bits per heavy atom. The number of ether oxygens (including phenoxy) is 1. The fourth-order valence-corrected chi connectivity index (χ4v) is 4.65. The van der Waals surface area contributed by atoms with E-state index in [1.54, 1.807) is 0 Å². The molecule has 0 radical (unpaired) electrons. The lowest BCUT2D eigenvalue weighted by Crippen LogP contribution is -2.54. The molecular formula is C20H29N3O2. The molecule has 0 aromatic heterocycles. The number of hydrogen-bond acceptors (Lipinski definition) is 4. The van der Waals surface area contributed by atoms with Gasteiger partial charge in [0.15, 0.2) is 0 Å². The van der Waals surface area contributed by atoms with E-state index in [9.17, 15) is 4.79 Å². The molecule has 3 fully saturated rings. The van der Waals surface area contributed by atoms with Crippen molar-refractivity contribution in [3.8, 4) is 0 Å². The van der Waals surface area contributed by atoms with Crippen molar-refractivity contribution in [1.29, 1.82) is 0 Å². The van der Waals surface area contributed by atoms with E-state index in [0.717, 1.165) is 32.6 Å². The summed E-state index contributed by atoms with van der Waals surface area (Å²) < 4.78 is 5.91. The SMILES string of the molecule is Cc1cc(C)cc(N2CCC(N3CCC4(CNC(=O)CO4)C3)CC2)c1. The molecule has 0 bridgehead atoms. The predicted molar refractivity (Wildman–Crippen MR) is 99.0 cm³/mol. The molecule has 1 amide bonds. The highest BCUT2D eigenvalue weighted by Crippen LogP contribution is 2.32.